The first-order chi connectivity index (χ1) is 13.1. The van der Waals surface area contributed by atoms with E-state index in [9.17, 15) is 9.59 Å². The van der Waals surface area contributed by atoms with Gasteiger partial charge in [0.1, 0.15) is 18.1 Å². The summed E-state index contributed by atoms with van der Waals surface area (Å²) < 4.78 is 5.37. The highest BCUT2D eigenvalue weighted by atomic mass is 16.6. The number of rotatable bonds is 5. The van der Waals surface area contributed by atoms with Crippen LogP contribution in [-0.2, 0) is 11.3 Å². The molecule has 1 fully saturated rings. The summed E-state index contributed by atoms with van der Waals surface area (Å²) in [5.74, 6) is 0.421. The van der Waals surface area contributed by atoms with Crippen LogP contribution in [-0.4, -0.2) is 41.5 Å². The Bertz CT molecular complexity index is 774. The van der Waals surface area contributed by atoms with Gasteiger partial charge < -0.3 is 20.7 Å². The molecule has 0 atom stereocenters. The Kier molecular flexibility index (Phi) is 6.25. The molecule has 1 aromatic carbocycles. The van der Waals surface area contributed by atoms with E-state index in [1.807, 2.05) is 30.3 Å². The third-order valence-corrected chi connectivity index (χ3v) is 4.63. The van der Waals surface area contributed by atoms with E-state index in [1.165, 1.54) is 0 Å². The number of nitrogen functional groups attached to an aromatic ring is 1. The molecule has 1 saturated heterocycles. The van der Waals surface area contributed by atoms with Crippen LogP contribution in [0.4, 0.5) is 10.6 Å². The summed E-state index contributed by atoms with van der Waals surface area (Å²) in [5, 5.41) is 2.89. The van der Waals surface area contributed by atoms with Crippen LogP contribution in [0.15, 0.2) is 48.5 Å². The Labute approximate surface area is 158 Å². The highest BCUT2D eigenvalue weighted by molar-refractivity contribution is 5.92. The van der Waals surface area contributed by atoms with Gasteiger partial charge in [-0.15, -0.1) is 0 Å². The van der Waals surface area contributed by atoms with E-state index in [0.29, 0.717) is 37.1 Å². The normalized spacial score (nSPS) is 14.6. The fourth-order valence-corrected chi connectivity index (χ4v) is 3.04. The average molecular weight is 368 g/mol. The van der Waals surface area contributed by atoms with Crippen LogP contribution in [0, 0.1) is 5.92 Å². The monoisotopic (exact) mass is 368 g/mol. The molecule has 2 amide bonds. The molecule has 0 radical (unpaired) electrons. The molecular weight excluding hydrogens is 344 g/mol. The lowest BCUT2D eigenvalue weighted by Crippen LogP contribution is -2.41. The third kappa shape index (κ3) is 5.44. The number of carbonyl (C=O) groups excluding carboxylic acids is 2. The maximum absolute atomic E-state index is 12.2. The van der Waals surface area contributed by atoms with Crippen molar-refractivity contribution >= 4 is 17.8 Å². The van der Waals surface area contributed by atoms with E-state index >= 15 is 0 Å². The fourth-order valence-electron chi connectivity index (χ4n) is 3.04. The van der Waals surface area contributed by atoms with E-state index in [0.717, 1.165) is 18.4 Å². The highest BCUT2D eigenvalue weighted by Crippen LogP contribution is 2.17. The van der Waals surface area contributed by atoms with Gasteiger partial charge in [0.05, 0.1) is 0 Å². The molecule has 0 saturated carbocycles. The first kappa shape index (κ1) is 18.7. The second-order valence-corrected chi connectivity index (χ2v) is 6.63. The lowest BCUT2D eigenvalue weighted by atomic mass is 9.97. The minimum absolute atomic E-state index is 0.230. The molecule has 7 nitrogen and oxygen atoms in total. The Morgan fingerprint density at radius 2 is 1.85 bits per heavy atom. The van der Waals surface area contributed by atoms with Crippen LogP contribution in [0.1, 0.15) is 28.9 Å². The second kappa shape index (κ2) is 9.02. The molecule has 0 aliphatic carbocycles. The molecule has 1 aromatic heterocycles. The van der Waals surface area contributed by atoms with Crippen molar-refractivity contribution in [3.05, 3.63) is 59.8 Å². The maximum Gasteiger partial charge on any atom is 0.410 e. The number of nitrogens with one attached hydrogen (secondary N) is 1. The number of anilines is 1. The van der Waals surface area contributed by atoms with Crippen LogP contribution in [0.5, 0.6) is 0 Å². The zero-order chi connectivity index (χ0) is 19.1. The summed E-state index contributed by atoms with van der Waals surface area (Å²) in [6.45, 7) is 2.10. The van der Waals surface area contributed by atoms with Crippen molar-refractivity contribution in [3.63, 3.8) is 0 Å². The number of nitrogens with zero attached hydrogens (tertiary/aromatic N) is 2. The Hall–Kier alpha value is -3.09. The third-order valence-electron chi connectivity index (χ3n) is 4.63. The van der Waals surface area contributed by atoms with E-state index in [4.69, 9.17) is 10.5 Å². The van der Waals surface area contributed by atoms with Gasteiger partial charge in [-0.25, -0.2) is 9.78 Å². The van der Waals surface area contributed by atoms with Crippen LogP contribution >= 0.6 is 0 Å². The van der Waals surface area contributed by atoms with Gasteiger partial charge in [-0.3, -0.25) is 4.79 Å². The predicted molar refractivity (Wildman–Crippen MR) is 102 cm³/mol. The number of carbonyl (C=O) groups is 2. The molecule has 1 aliphatic rings. The lowest BCUT2D eigenvalue weighted by Gasteiger charge is -2.31. The topological polar surface area (TPSA) is 97.6 Å². The Morgan fingerprint density at radius 3 is 2.56 bits per heavy atom. The van der Waals surface area contributed by atoms with Crippen LogP contribution < -0.4 is 11.1 Å². The number of likely N-dealkylation sites (tertiary alicyclic amines) is 1. The first-order valence-electron chi connectivity index (χ1n) is 9.08. The molecule has 2 aromatic rings. The molecule has 0 spiro atoms. The van der Waals surface area contributed by atoms with E-state index in [1.54, 1.807) is 23.1 Å². The minimum atomic E-state index is -0.287. The molecule has 3 rings (SSSR count). The van der Waals surface area contributed by atoms with Gasteiger partial charge in [-0.2, -0.15) is 0 Å². The summed E-state index contributed by atoms with van der Waals surface area (Å²) in [5.41, 5.74) is 6.89. The van der Waals surface area contributed by atoms with Crippen molar-refractivity contribution in [2.45, 2.75) is 19.4 Å². The molecule has 142 valence electrons. The van der Waals surface area contributed by atoms with E-state index in [-0.39, 0.29) is 18.6 Å². The van der Waals surface area contributed by atoms with E-state index < -0.39 is 0 Å². The van der Waals surface area contributed by atoms with Gasteiger partial charge in [0.25, 0.3) is 5.91 Å². The smallest absolute Gasteiger partial charge is 0.410 e. The highest BCUT2D eigenvalue weighted by Gasteiger charge is 2.24. The van der Waals surface area contributed by atoms with Crippen LogP contribution in [0.25, 0.3) is 0 Å². The van der Waals surface area contributed by atoms with Gasteiger partial charge in [0.2, 0.25) is 0 Å². The standard InChI is InChI=1S/C20H24N4O3/c21-18-8-4-7-17(23-18)19(25)22-13-15-9-11-24(12-10-15)20(26)27-14-16-5-2-1-3-6-16/h1-8,15H,9-14H2,(H2,21,23)(H,22,25). The molecule has 1 aliphatic heterocycles. The van der Waals surface area contributed by atoms with E-state index in [2.05, 4.69) is 10.3 Å². The first-order valence-corrected chi connectivity index (χ1v) is 9.08. The van der Waals surface area contributed by atoms with Gasteiger partial charge >= 0.3 is 6.09 Å². The van der Waals surface area contributed by atoms with Gasteiger partial charge in [-0.1, -0.05) is 36.4 Å². The number of pyridine rings is 1. The fraction of sp³-hybridized carbons (Fsp3) is 0.350. The second-order valence-electron chi connectivity index (χ2n) is 6.63. The predicted octanol–water partition coefficient (Wildman–Crippen LogP) is 2.44. The molecule has 2 heterocycles. The number of amides is 2. The van der Waals surface area contributed by atoms with Crippen molar-refractivity contribution in [3.8, 4) is 0 Å². The molecule has 0 bridgehead atoms. The number of nitrogens with two attached hydrogens (primary N) is 1. The quantitative estimate of drug-likeness (QED) is 0.845. The molecular formula is C20H24N4O3. The summed E-state index contributed by atoms with van der Waals surface area (Å²) in [6, 6.07) is 14.6. The Morgan fingerprint density at radius 1 is 1.11 bits per heavy atom. The van der Waals surface area contributed by atoms with Crippen molar-refractivity contribution < 1.29 is 14.3 Å². The van der Waals surface area contributed by atoms with Crippen molar-refractivity contribution in [2.75, 3.05) is 25.4 Å². The zero-order valence-electron chi connectivity index (χ0n) is 15.1. The summed E-state index contributed by atoms with van der Waals surface area (Å²) in [6.07, 6.45) is 1.36. The number of piperidine rings is 1. The van der Waals surface area contributed by atoms with Gasteiger partial charge in [0.15, 0.2) is 0 Å². The number of aromatic nitrogens is 1. The molecule has 0 unspecified atom stereocenters. The SMILES string of the molecule is Nc1cccc(C(=O)NCC2CCN(C(=O)OCc3ccccc3)CC2)n1. The largest absolute Gasteiger partial charge is 0.445 e. The van der Waals surface area contributed by atoms with Crippen LogP contribution in [0.2, 0.25) is 0 Å². The van der Waals surface area contributed by atoms with Crippen molar-refractivity contribution in [2.24, 2.45) is 5.92 Å². The maximum atomic E-state index is 12.2. The minimum Gasteiger partial charge on any atom is -0.445 e. The number of hydrogen-bond acceptors (Lipinski definition) is 5. The van der Waals surface area contributed by atoms with Crippen molar-refractivity contribution in [1.29, 1.82) is 0 Å². The Balaban J connectivity index is 1.38. The summed E-state index contributed by atoms with van der Waals surface area (Å²) in [7, 11) is 0. The van der Waals surface area contributed by atoms with Gasteiger partial charge in [-0.05, 0) is 36.5 Å². The van der Waals surface area contributed by atoms with Crippen LogP contribution in [0.3, 0.4) is 0 Å². The molecule has 7 heteroatoms. The lowest BCUT2D eigenvalue weighted by molar-refractivity contribution is 0.0800. The van der Waals surface area contributed by atoms with Crippen molar-refractivity contribution in [1.82, 2.24) is 15.2 Å². The number of hydrogen-bond donors (Lipinski definition) is 2. The van der Waals surface area contributed by atoms with Gasteiger partial charge in [0, 0.05) is 19.6 Å². The number of benzene rings is 1. The molecule has 27 heavy (non-hydrogen) atoms. The summed E-state index contributed by atoms with van der Waals surface area (Å²) >= 11 is 0. The molecule has 3 N–H and O–H groups in total. The average Bonchev–Trinajstić information content (AvgIpc) is 2.71. The summed E-state index contributed by atoms with van der Waals surface area (Å²) in [4.78, 5) is 30.0. The zero-order valence-corrected chi connectivity index (χ0v) is 15.1. The number of ether oxygens (including phenoxy) is 1.